The molecule has 1 unspecified atom stereocenters. The number of anilines is 1. The van der Waals surface area contributed by atoms with Crippen LogP contribution in [0.1, 0.15) is 18.2 Å². The number of aryl methyl sites for hydroxylation is 2. The van der Waals surface area contributed by atoms with E-state index in [2.05, 4.69) is 21.2 Å². The second-order valence-corrected chi connectivity index (χ2v) is 2.99. The fourth-order valence-electron chi connectivity index (χ4n) is 0.832. The first-order chi connectivity index (χ1) is 6.13. The van der Waals surface area contributed by atoms with Gasteiger partial charge < -0.3 is 5.32 Å². The highest BCUT2D eigenvalue weighted by Crippen LogP contribution is 2.05. The average Bonchev–Trinajstić information content (AvgIpc) is 2.11. The fourth-order valence-corrected chi connectivity index (χ4v) is 0.832. The Bertz CT molecular complexity index is 339. The Morgan fingerprint density at radius 2 is 2.23 bits per heavy atom. The number of terminal acetylenes is 1. The average molecular weight is 175 g/mol. The van der Waals surface area contributed by atoms with E-state index in [1.807, 2.05) is 20.8 Å². The molecule has 3 nitrogen and oxygen atoms in total. The second kappa shape index (κ2) is 3.90. The summed E-state index contributed by atoms with van der Waals surface area (Å²) in [5.74, 6) is 3.15. The van der Waals surface area contributed by atoms with Crippen molar-refractivity contribution < 1.29 is 0 Å². The Kier molecular flexibility index (Phi) is 2.86. The molecule has 0 aliphatic heterocycles. The van der Waals surface area contributed by atoms with E-state index in [0.717, 1.165) is 11.3 Å². The van der Waals surface area contributed by atoms with Crippen LogP contribution in [0.25, 0.3) is 0 Å². The molecule has 1 rings (SSSR count). The molecule has 13 heavy (non-hydrogen) atoms. The Balaban J connectivity index is 2.81. The van der Waals surface area contributed by atoms with Crippen LogP contribution in [-0.2, 0) is 0 Å². The molecule has 3 heteroatoms. The first-order valence-corrected chi connectivity index (χ1v) is 4.16. The van der Waals surface area contributed by atoms with Crippen molar-refractivity contribution in [3.05, 3.63) is 17.5 Å². The molecule has 0 spiro atoms. The van der Waals surface area contributed by atoms with E-state index in [9.17, 15) is 0 Å². The number of nitrogens with zero attached hydrogens (tertiary/aromatic N) is 2. The minimum Gasteiger partial charge on any atom is -0.341 e. The summed E-state index contributed by atoms with van der Waals surface area (Å²) in [6.45, 7) is 5.81. The summed E-state index contributed by atoms with van der Waals surface area (Å²) in [4.78, 5) is 8.35. The molecule has 0 radical (unpaired) electrons. The van der Waals surface area contributed by atoms with Gasteiger partial charge in [-0.25, -0.2) is 9.97 Å². The van der Waals surface area contributed by atoms with Gasteiger partial charge >= 0.3 is 0 Å². The molecule has 1 aromatic rings. The lowest BCUT2D eigenvalue weighted by Crippen LogP contribution is -2.14. The third kappa shape index (κ3) is 2.45. The first-order valence-electron chi connectivity index (χ1n) is 4.16. The highest BCUT2D eigenvalue weighted by molar-refractivity contribution is 5.31. The summed E-state index contributed by atoms with van der Waals surface area (Å²) in [5, 5.41) is 3.00. The van der Waals surface area contributed by atoms with Gasteiger partial charge in [0, 0.05) is 11.9 Å². The number of nitrogens with one attached hydrogen (secondary N) is 1. The number of hydrogen-bond donors (Lipinski definition) is 1. The molecule has 1 atom stereocenters. The molecule has 0 aliphatic carbocycles. The molecule has 1 N–H and O–H groups in total. The van der Waals surface area contributed by atoms with Gasteiger partial charge in [-0.1, -0.05) is 5.92 Å². The third-order valence-electron chi connectivity index (χ3n) is 1.82. The van der Waals surface area contributed by atoms with Gasteiger partial charge in [-0.2, -0.15) is 0 Å². The largest absolute Gasteiger partial charge is 0.341 e. The first kappa shape index (κ1) is 9.53. The molecule has 0 bridgehead atoms. The maximum absolute atomic E-state index is 5.22. The minimum atomic E-state index is -0.0397. The Labute approximate surface area is 78.6 Å². The van der Waals surface area contributed by atoms with E-state index in [1.165, 1.54) is 0 Å². The van der Waals surface area contributed by atoms with Crippen molar-refractivity contribution in [2.75, 3.05) is 5.32 Å². The predicted molar refractivity (Wildman–Crippen MR) is 53.4 cm³/mol. The van der Waals surface area contributed by atoms with Crippen LogP contribution >= 0.6 is 0 Å². The SMILES string of the molecule is C#CC(C)Nc1ncc(C)c(C)n1. The van der Waals surface area contributed by atoms with Crippen LogP contribution in [0.15, 0.2) is 6.20 Å². The molecular weight excluding hydrogens is 162 g/mol. The molecule has 0 aromatic carbocycles. The monoisotopic (exact) mass is 175 g/mol. The molecule has 0 aliphatic rings. The van der Waals surface area contributed by atoms with Crippen molar-refractivity contribution in [1.82, 2.24) is 9.97 Å². The van der Waals surface area contributed by atoms with Crippen LogP contribution in [0.3, 0.4) is 0 Å². The number of hydrogen-bond acceptors (Lipinski definition) is 3. The zero-order valence-electron chi connectivity index (χ0n) is 8.13. The normalized spacial score (nSPS) is 11.8. The van der Waals surface area contributed by atoms with Crippen LogP contribution in [0.4, 0.5) is 5.95 Å². The van der Waals surface area contributed by atoms with Crippen LogP contribution in [0.2, 0.25) is 0 Å². The van der Waals surface area contributed by atoms with Gasteiger partial charge in [0.2, 0.25) is 5.95 Å². The lowest BCUT2D eigenvalue weighted by molar-refractivity contribution is 0.961. The van der Waals surface area contributed by atoms with E-state index in [1.54, 1.807) is 6.20 Å². The molecule has 0 amide bonds. The van der Waals surface area contributed by atoms with Crippen molar-refractivity contribution in [3.63, 3.8) is 0 Å². The van der Waals surface area contributed by atoms with Crippen molar-refractivity contribution in [1.29, 1.82) is 0 Å². The van der Waals surface area contributed by atoms with Gasteiger partial charge in [0.15, 0.2) is 0 Å². The number of rotatable bonds is 2. The van der Waals surface area contributed by atoms with Gasteiger partial charge in [-0.15, -0.1) is 6.42 Å². The van der Waals surface area contributed by atoms with Gasteiger partial charge in [0.1, 0.15) is 0 Å². The van der Waals surface area contributed by atoms with E-state index >= 15 is 0 Å². The van der Waals surface area contributed by atoms with E-state index < -0.39 is 0 Å². The van der Waals surface area contributed by atoms with Crippen LogP contribution in [0, 0.1) is 26.2 Å². The summed E-state index contributed by atoms with van der Waals surface area (Å²) in [6.07, 6.45) is 7.01. The summed E-state index contributed by atoms with van der Waals surface area (Å²) in [6, 6.07) is -0.0397. The Hall–Kier alpha value is -1.56. The van der Waals surface area contributed by atoms with Crippen LogP contribution in [-0.4, -0.2) is 16.0 Å². The summed E-state index contributed by atoms with van der Waals surface area (Å²) < 4.78 is 0. The third-order valence-corrected chi connectivity index (χ3v) is 1.82. The molecule has 1 aromatic heterocycles. The zero-order chi connectivity index (χ0) is 9.84. The van der Waals surface area contributed by atoms with E-state index in [0.29, 0.717) is 5.95 Å². The predicted octanol–water partition coefficient (Wildman–Crippen LogP) is 1.53. The van der Waals surface area contributed by atoms with E-state index in [4.69, 9.17) is 6.42 Å². The van der Waals surface area contributed by atoms with Gasteiger partial charge in [0.05, 0.1) is 6.04 Å². The molecule has 0 saturated heterocycles. The molecule has 0 saturated carbocycles. The van der Waals surface area contributed by atoms with Crippen molar-refractivity contribution in [2.24, 2.45) is 0 Å². The minimum absolute atomic E-state index is 0.0397. The lowest BCUT2D eigenvalue weighted by Gasteiger charge is -2.08. The fraction of sp³-hybridized carbons (Fsp3) is 0.400. The van der Waals surface area contributed by atoms with Crippen LogP contribution in [0.5, 0.6) is 0 Å². The van der Waals surface area contributed by atoms with Crippen molar-refractivity contribution >= 4 is 5.95 Å². The van der Waals surface area contributed by atoms with Crippen molar-refractivity contribution in [2.45, 2.75) is 26.8 Å². The van der Waals surface area contributed by atoms with E-state index in [-0.39, 0.29) is 6.04 Å². The van der Waals surface area contributed by atoms with Gasteiger partial charge in [-0.05, 0) is 26.3 Å². The topological polar surface area (TPSA) is 37.8 Å². The lowest BCUT2D eigenvalue weighted by atomic mass is 10.3. The quantitative estimate of drug-likeness (QED) is 0.693. The Morgan fingerprint density at radius 1 is 1.54 bits per heavy atom. The smallest absolute Gasteiger partial charge is 0.223 e. The molecule has 68 valence electrons. The highest BCUT2D eigenvalue weighted by Gasteiger charge is 2.01. The zero-order valence-corrected chi connectivity index (χ0v) is 8.13. The second-order valence-electron chi connectivity index (χ2n) is 2.99. The maximum atomic E-state index is 5.22. The number of aromatic nitrogens is 2. The summed E-state index contributed by atoms with van der Waals surface area (Å²) in [7, 11) is 0. The highest BCUT2D eigenvalue weighted by atomic mass is 15.1. The Morgan fingerprint density at radius 3 is 2.77 bits per heavy atom. The molecule has 0 fully saturated rings. The molecular formula is C10H13N3. The molecule has 1 heterocycles. The maximum Gasteiger partial charge on any atom is 0.223 e. The standard InChI is InChI=1S/C10H13N3/c1-5-8(3)12-10-11-6-7(2)9(4)13-10/h1,6,8H,2-4H3,(H,11,12,13). The van der Waals surface area contributed by atoms with Gasteiger partial charge in [-0.3, -0.25) is 0 Å². The van der Waals surface area contributed by atoms with Crippen molar-refractivity contribution in [3.8, 4) is 12.3 Å². The van der Waals surface area contributed by atoms with Gasteiger partial charge in [0.25, 0.3) is 0 Å². The summed E-state index contributed by atoms with van der Waals surface area (Å²) >= 11 is 0. The summed E-state index contributed by atoms with van der Waals surface area (Å²) in [5.41, 5.74) is 2.06. The van der Waals surface area contributed by atoms with Crippen LogP contribution < -0.4 is 5.32 Å².